The van der Waals surface area contributed by atoms with Crippen LogP contribution in [0.25, 0.3) is 0 Å². The molecule has 0 aliphatic carbocycles. The normalized spacial score (nSPS) is 15.6. The molecule has 0 saturated carbocycles. The van der Waals surface area contributed by atoms with Crippen molar-refractivity contribution in [3.63, 3.8) is 0 Å². The minimum absolute atomic E-state index is 0.134. The van der Waals surface area contributed by atoms with Crippen LogP contribution in [0.4, 0.5) is 0 Å². The molecule has 8 heteroatoms. The van der Waals surface area contributed by atoms with Gasteiger partial charge in [-0.1, -0.05) is 18.0 Å². The molecule has 3 rings (SSSR count). The first-order valence-corrected chi connectivity index (χ1v) is 9.55. The Labute approximate surface area is 163 Å². The number of carbonyl (C=O) groups excluding carboxylic acids is 2. The van der Waals surface area contributed by atoms with Crippen molar-refractivity contribution in [2.24, 2.45) is 0 Å². The molecule has 0 N–H and O–H groups in total. The van der Waals surface area contributed by atoms with Crippen LogP contribution in [0.3, 0.4) is 0 Å². The third-order valence-electron chi connectivity index (χ3n) is 4.58. The molecule has 0 spiro atoms. The Morgan fingerprint density at radius 3 is 2.43 bits per heavy atom. The van der Waals surface area contributed by atoms with Crippen LogP contribution in [0.15, 0.2) is 28.8 Å². The monoisotopic (exact) mass is 387 g/mol. The number of benzene rings is 1. The van der Waals surface area contributed by atoms with Crippen LogP contribution in [0.1, 0.15) is 54.7 Å². The molecule has 1 atom stereocenters. The Balaban J connectivity index is 1.51. The van der Waals surface area contributed by atoms with E-state index in [9.17, 15) is 9.59 Å². The summed E-state index contributed by atoms with van der Waals surface area (Å²) >= 11 is 0. The van der Waals surface area contributed by atoms with Crippen LogP contribution in [0, 0.1) is 6.92 Å². The fraction of sp³-hybridized carbons (Fsp3) is 0.500. The van der Waals surface area contributed by atoms with Crippen LogP contribution in [-0.2, 0) is 16.1 Å². The van der Waals surface area contributed by atoms with Crippen molar-refractivity contribution in [2.45, 2.75) is 52.2 Å². The molecule has 28 heavy (non-hydrogen) atoms. The molecule has 1 aromatic carbocycles. The number of ether oxygens (including phenoxy) is 2. The summed E-state index contributed by atoms with van der Waals surface area (Å²) in [6, 6.07) is 6.51. The lowest BCUT2D eigenvalue weighted by Crippen LogP contribution is -2.40. The zero-order valence-electron chi connectivity index (χ0n) is 16.2. The zero-order valence-corrected chi connectivity index (χ0v) is 16.2. The minimum Gasteiger partial charge on any atom is -0.485 e. The second-order valence-electron chi connectivity index (χ2n) is 6.83. The van der Waals surface area contributed by atoms with Gasteiger partial charge in [-0.3, -0.25) is 4.79 Å². The van der Waals surface area contributed by atoms with E-state index in [2.05, 4.69) is 10.1 Å². The predicted molar refractivity (Wildman–Crippen MR) is 99.7 cm³/mol. The molecule has 1 aromatic heterocycles. The maximum absolute atomic E-state index is 12.5. The smallest absolute Gasteiger partial charge is 0.338 e. The average molecular weight is 387 g/mol. The third-order valence-corrected chi connectivity index (χ3v) is 4.58. The lowest BCUT2D eigenvalue weighted by Gasteiger charge is -2.24. The number of likely N-dealkylation sites (tertiary alicyclic amines) is 1. The molecule has 150 valence electrons. The fourth-order valence-corrected chi connectivity index (χ4v) is 3.06. The summed E-state index contributed by atoms with van der Waals surface area (Å²) in [5, 5.41) is 3.75. The van der Waals surface area contributed by atoms with E-state index in [-0.39, 0.29) is 12.5 Å². The molecule has 1 amide bonds. The number of nitrogens with zero attached hydrogens (tertiary/aromatic N) is 3. The molecule has 1 aliphatic rings. The van der Waals surface area contributed by atoms with Crippen molar-refractivity contribution >= 4 is 11.9 Å². The SMILES string of the molecule is Cc1nc(COc2ccc(C(=O)OC(C)C(=O)N3CCCCCC3)cc2)no1. The summed E-state index contributed by atoms with van der Waals surface area (Å²) in [5.41, 5.74) is 0.360. The lowest BCUT2D eigenvalue weighted by atomic mass is 10.2. The van der Waals surface area contributed by atoms with Crippen LogP contribution in [0.5, 0.6) is 5.75 Å². The molecule has 1 fully saturated rings. The van der Waals surface area contributed by atoms with Crippen molar-refractivity contribution < 1.29 is 23.6 Å². The number of rotatable bonds is 6. The summed E-state index contributed by atoms with van der Waals surface area (Å²) in [5.74, 6) is 0.816. The van der Waals surface area contributed by atoms with Gasteiger partial charge in [0.2, 0.25) is 11.7 Å². The molecule has 8 nitrogen and oxygen atoms in total. The quantitative estimate of drug-likeness (QED) is 0.703. The largest absolute Gasteiger partial charge is 0.485 e. The number of hydrogen-bond donors (Lipinski definition) is 0. The Bertz CT molecular complexity index is 794. The maximum Gasteiger partial charge on any atom is 0.338 e. The van der Waals surface area contributed by atoms with Crippen molar-refractivity contribution in [3.05, 3.63) is 41.5 Å². The van der Waals surface area contributed by atoms with E-state index in [1.807, 2.05) is 0 Å². The Kier molecular flexibility index (Phi) is 6.62. The highest BCUT2D eigenvalue weighted by Crippen LogP contribution is 2.16. The molecular weight excluding hydrogens is 362 g/mol. The standard InChI is InChI=1S/C20H25N3O5/c1-14(19(24)23-11-5-3-4-6-12-23)27-20(25)16-7-9-17(10-8-16)26-13-18-21-15(2)28-22-18/h7-10,14H,3-6,11-13H2,1-2H3. The summed E-state index contributed by atoms with van der Waals surface area (Å²) in [6.45, 7) is 4.95. The van der Waals surface area contributed by atoms with E-state index >= 15 is 0 Å². The van der Waals surface area contributed by atoms with Gasteiger partial charge in [-0.05, 0) is 44.0 Å². The average Bonchev–Trinajstić information content (AvgIpc) is 2.94. The Hall–Kier alpha value is -2.90. The minimum atomic E-state index is -0.803. The molecule has 0 bridgehead atoms. The summed E-state index contributed by atoms with van der Waals surface area (Å²) < 4.78 is 15.8. The van der Waals surface area contributed by atoms with E-state index in [1.165, 1.54) is 0 Å². The maximum atomic E-state index is 12.5. The van der Waals surface area contributed by atoms with Crippen LogP contribution in [0.2, 0.25) is 0 Å². The lowest BCUT2D eigenvalue weighted by molar-refractivity contribution is -0.139. The first-order chi connectivity index (χ1) is 13.5. The van der Waals surface area contributed by atoms with Gasteiger partial charge in [0, 0.05) is 20.0 Å². The zero-order chi connectivity index (χ0) is 19.9. The van der Waals surface area contributed by atoms with Crippen LogP contribution < -0.4 is 4.74 Å². The number of hydrogen-bond acceptors (Lipinski definition) is 7. The summed E-state index contributed by atoms with van der Waals surface area (Å²) in [7, 11) is 0. The van der Waals surface area contributed by atoms with Gasteiger partial charge in [0.25, 0.3) is 5.91 Å². The second kappa shape index (κ2) is 9.34. The first kappa shape index (κ1) is 19.9. The van der Waals surface area contributed by atoms with E-state index in [1.54, 1.807) is 43.0 Å². The highest BCUT2D eigenvalue weighted by Gasteiger charge is 2.24. The Morgan fingerprint density at radius 2 is 1.82 bits per heavy atom. The highest BCUT2D eigenvalue weighted by molar-refractivity contribution is 5.92. The number of aryl methyl sites for hydroxylation is 1. The third kappa shape index (κ3) is 5.31. The van der Waals surface area contributed by atoms with Crippen LogP contribution in [-0.4, -0.2) is 46.1 Å². The molecule has 0 radical (unpaired) electrons. The molecule has 1 unspecified atom stereocenters. The van der Waals surface area contributed by atoms with E-state index < -0.39 is 12.1 Å². The van der Waals surface area contributed by atoms with Gasteiger partial charge >= 0.3 is 5.97 Å². The van der Waals surface area contributed by atoms with Crippen molar-refractivity contribution in [2.75, 3.05) is 13.1 Å². The number of carbonyl (C=O) groups is 2. The van der Waals surface area contributed by atoms with Crippen molar-refractivity contribution in [3.8, 4) is 5.75 Å². The van der Waals surface area contributed by atoms with Crippen molar-refractivity contribution in [1.29, 1.82) is 0 Å². The molecule has 1 saturated heterocycles. The summed E-state index contributed by atoms with van der Waals surface area (Å²) in [4.78, 5) is 30.7. The predicted octanol–water partition coefficient (Wildman–Crippen LogP) is 2.90. The fourth-order valence-electron chi connectivity index (χ4n) is 3.06. The van der Waals surface area contributed by atoms with E-state index in [4.69, 9.17) is 14.0 Å². The second-order valence-corrected chi connectivity index (χ2v) is 6.83. The number of aromatic nitrogens is 2. The summed E-state index contributed by atoms with van der Waals surface area (Å²) in [6.07, 6.45) is 3.47. The topological polar surface area (TPSA) is 94.8 Å². The van der Waals surface area contributed by atoms with E-state index in [0.29, 0.717) is 23.0 Å². The molecular formula is C20H25N3O5. The molecule has 2 aromatic rings. The van der Waals surface area contributed by atoms with Gasteiger partial charge in [0.15, 0.2) is 12.7 Å². The van der Waals surface area contributed by atoms with Crippen LogP contribution >= 0.6 is 0 Å². The Morgan fingerprint density at radius 1 is 1.14 bits per heavy atom. The van der Waals surface area contributed by atoms with Gasteiger partial charge < -0.3 is 18.9 Å². The first-order valence-electron chi connectivity index (χ1n) is 9.55. The van der Waals surface area contributed by atoms with E-state index in [0.717, 1.165) is 38.8 Å². The van der Waals surface area contributed by atoms with Crippen molar-refractivity contribution in [1.82, 2.24) is 15.0 Å². The van der Waals surface area contributed by atoms with Gasteiger partial charge in [-0.15, -0.1) is 0 Å². The number of esters is 1. The van der Waals surface area contributed by atoms with Gasteiger partial charge in [0.1, 0.15) is 5.75 Å². The molecule has 2 heterocycles. The molecule has 1 aliphatic heterocycles. The highest BCUT2D eigenvalue weighted by atomic mass is 16.5. The number of amides is 1. The van der Waals surface area contributed by atoms with Gasteiger partial charge in [-0.2, -0.15) is 4.98 Å². The van der Waals surface area contributed by atoms with Gasteiger partial charge in [0.05, 0.1) is 5.56 Å². The van der Waals surface area contributed by atoms with Gasteiger partial charge in [-0.25, -0.2) is 4.79 Å².